The van der Waals surface area contributed by atoms with Crippen molar-refractivity contribution in [3.8, 4) is 0 Å². The zero-order chi connectivity index (χ0) is 52.2. The van der Waals surface area contributed by atoms with Crippen LogP contribution in [0.4, 0.5) is 0 Å². The van der Waals surface area contributed by atoms with E-state index in [2.05, 4.69) is 57.2 Å². The third kappa shape index (κ3) is 58.5. The van der Waals surface area contributed by atoms with Gasteiger partial charge in [0, 0.05) is 19.3 Å². The Balaban J connectivity index is 4.22. The van der Waals surface area contributed by atoms with Crippen LogP contribution in [0.2, 0.25) is 0 Å². The summed E-state index contributed by atoms with van der Waals surface area (Å²) in [4.78, 5) is 38.2. The van der Waals surface area contributed by atoms with E-state index in [1.165, 1.54) is 238 Å². The number of esters is 3. The number of rotatable bonds is 59. The average molecular weight is 1010 g/mol. The molecule has 0 fully saturated rings. The minimum atomic E-state index is -0.773. The van der Waals surface area contributed by atoms with E-state index in [1.54, 1.807) is 0 Å². The first-order valence-electron chi connectivity index (χ1n) is 32.0. The van der Waals surface area contributed by atoms with Gasteiger partial charge in [-0.25, -0.2) is 0 Å². The first-order chi connectivity index (χ1) is 35.5. The third-order valence-corrected chi connectivity index (χ3v) is 14.4. The van der Waals surface area contributed by atoms with Crippen molar-refractivity contribution < 1.29 is 28.6 Å². The molecule has 0 aliphatic heterocycles. The number of carbonyl (C=O) groups excluding carboxylic acids is 3. The van der Waals surface area contributed by atoms with E-state index >= 15 is 0 Å². The lowest BCUT2D eigenvalue weighted by molar-refractivity contribution is -0.167. The Labute approximate surface area is 448 Å². The first kappa shape index (κ1) is 69.6. The molecule has 0 aromatic carbocycles. The summed E-state index contributed by atoms with van der Waals surface area (Å²) in [5.41, 5.74) is 0. The molecule has 0 aromatic heterocycles. The summed E-state index contributed by atoms with van der Waals surface area (Å²) in [6, 6.07) is 0. The second-order valence-electron chi connectivity index (χ2n) is 21.7. The van der Waals surface area contributed by atoms with Gasteiger partial charge in [-0.15, -0.1) is 0 Å². The summed E-state index contributed by atoms with van der Waals surface area (Å²) >= 11 is 0. The Hall–Kier alpha value is -2.37. The van der Waals surface area contributed by atoms with Crippen LogP contribution in [0.25, 0.3) is 0 Å². The molecule has 0 aliphatic rings. The van der Waals surface area contributed by atoms with Crippen molar-refractivity contribution in [1.82, 2.24) is 0 Å². The topological polar surface area (TPSA) is 78.9 Å². The standard InChI is InChI=1S/C66H122O6/c1-4-7-10-13-16-19-22-24-26-28-30-31-32-33-34-35-36-38-39-41-44-47-50-53-56-59-65(68)71-62-63(61-70-64(67)58-55-52-49-46-43-21-18-15-12-9-6-3)72-66(69)60-57-54-51-48-45-42-40-37-29-27-25-23-20-17-14-11-8-5-2/h20,23,27-30,63H,4-19,21-22,24-26,31-62H2,1-3H3/b23-20-,29-27-,30-28-. The molecule has 72 heavy (non-hydrogen) atoms. The van der Waals surface area contributed by atoms with Gasteiger partial charge in [0.1, 0.15) is 13.2 Å². The number of hydrogen-bond donors (Lipinski definition) is 0. The molecule has 0 radical (unpaired) electrons. The molecule has 0 rings (SSSR count). The smallest absolute Gasteiger partial charge is 0.306 e. The van der Waals surface area contributed by atoms with Gasteiger partial charge in [0.2, 0.25) is 0 Å². The monoisotopic (exact) mass is 1010 g/mol. The normalized spacial score (nSPS) is 12.2. The van der Waals surface area contributed by atoms with Crippen LogP contribution in [0, 0.1) is 0 Å². The highest BCUT2D eigenvalue weighted by Gasteiger charge is 2.19. The minimum Gasteiger partial charge on any atom is -0.462 e. The van der Waals surface area contributed by atoms with Crippen molar-refractivity contribution >= 4 is 17.9 Å². The largest absolute Gasteiger partial charge is 0.462 e. The van der Waals surface area contributed by atoms with Crippen LogP contribution < -0.4 is 0 Å². The van der Waals surface area contributed by atoms with E-state index in [0.29, 0.717) is 19.3 Å². The highest BCUT2D eigenvalue weighted by atomic mass is 16.6. The van der Waals surface area contributed by atoms with Gasteiger partial charge in [-0.1, -0.05) is 288 Å². The van der Waals surface area contributed by atoms with Gasteiger partial charge in [-0.2, -0.15) is 0 Å². The molecule has 0 amide bonds. The zero-order valence-corrected chi connectivity index (χ0v) is 48.5. The fraction of sp³-hybridized carbons (Fsp3) is 0.864. The van der Waals surface area contributed by atoms with Crippen molar-refractivity contribution in [1.29, 1.82) is 0 Å². The lowest BCUT2D eigenvalue weighted by atomic mass is 10.0. The molecule has 0 aromatic rings. The molecule has 0 aliphatic carbocycles. The highest BCUT2D eigenvalue weighted by Crippen LogP contribution is 2.17. The Morgan fingerprint density at radius 1 is 0.278 bits per heavy atom. The average Bonchev–Trinajstić information content (AvgIpc) is 3.38. The van der Waals surface area contributed by atoms with E-state index in [4.69, 9.17) is 14.2 Å². The maximum Gasteiger partial charge on any atom is 0.306 e. The first-order valence-corrected chi connectivity index (χ1v) is 32.0. The third-order valence-electron chi connectivity index (χ3n) is 14.4. The van der Waals surface area contributed by atoms with E-state index in [0.717, 1.165) is 70.6 Å². The maximum atomic E-state index is 12.9. The predicted octanol–water partition coefficient (Wildman–Crippen LogP) is 21.6. The lowest BCUT2D eigenvalue weighted by Crippen LogP contribution is -2.30. The lowest BCUT2D eigenvalue weighted by Gasteiger charge is -2.18. The summed E-state index contributed by atoms with van der Waals surface area (Å²) in [5.74, 6) is -0.859. The molecular weight excluding hydrogens is 889 g/mol. The second-order valence-corrected chi connectivity index (χ2v) is 21.7. The number of allylic oxidation sites excluding steroid dienone is 6. The maximum absolute atomic E-state index is 12.9. The van der Waals surface area contributed by atoms with Gasteiger partial charge in [-0.05, 0) is 77.0 Å². The molecule has 0 saturated carbocycles. The predicted molar refractivity (Wildman–Crippen MR) is 312 cm³/mol. The Kier molecular flexibility index (Phi) is 59.2. The van der Waals surface area contributed by atoms with Crippen LogP contribution >= 0.6 is 0 Å². The Morgan fingerprint density at radius 3 is 0.792 bits per heavy atom. The molecule has 6 nitrogen and oxygen atoms in total. The van der Waals surface area contributed by atoms with Crippen LogP contribution in [0.15, 0.2) is 36.5 Å². The van der Waals surface area contributed by atoms with Crippen molar-refractivity contribution in [2.24, 2.45) is 0 Å². The van der Waals surface area contributed by atoms with Crippen LogP contribution in [0.1, 0.15) is 348 Å². The van der Waals surface area contributed by atoms with Crippen molar-refractivity contribution in [2.75, 3.05) is 13.2 Å². The number of carbonyl (C=O) groups is 3. The second kappa shape index (κ2) is 61.2. The number of ether oxygens (including phenoxy) is 3. The van der Waals surface area contributed by atoms with Crippen molar-refractivity contribution in [3.05, 3.63) is 36.5 Å². The van der Waals surface area contributed by atoms with Crippen LogP contribution in [-0.2, 0) is 28.6 Å². The molecule has 422 valence electrons. The van der Waals surface area contributed by atoms with Crippen molar-refractivity contribution in [2.45, 2.75) is 354 Å². The Morgan fingerprint density at radius 2 is 0.500 bits per heavy atom. The molecule has 1 atom stereocenters. The van der Waals surface area contributed by atoms with Gasteiger partial charge in [0.05, 0.1) is 0 Å². The molecule has 0 saturated heterocycles. The molecule has 0 N–H and O–H groups in total. The molecular formula is C66H122O6. The number of unbranched alkanes of at least 4 members (excludes halogenated alkanes) is 42. The zero-order valence-electron chi connectivity index (χ0n) is 48.5. The summed E-state index contributed by atoms with van der Waals surface area (Å²) in [5, 5.41) is 0. The molecule has 0 heterocycles. The Bertz CT molecular complexity index is 1210. The summed E-state index contributed by atoms with van der Waals surface area (Å²) in [6.45, 7) is 6.66. The van der Waals surface area contributed by atoms with Crippen LogP contribution in [0.5, 0.6) is 0 Å². The van der Waals surface area contributed by atoms with E-state index in [9.17, 15) is 14.4 Å². The fourth-order valence-corrected chi connectivity index (χ4v) is 9.53. The molecule has 1 unspecified atom stereocenters. The molecule has 0 spiro atoms. The van der Waals surface area contributed by atoms with Crippen molar-refractivity contribution in [3.63, 3.8) is 0 Å². The molecule has 6 heteroatoms. The summed E-state index contributed by atoms with van der Waals surface area (Å²) < 4.78 is 16.9. The quantitative estimate of drug-likeness (QED) is 0.0261. The minimum absolute atomic E-state index is 0.0712. The van der Waals surface area contributed by atoms with Gasteiger partial charge in [0.15, 0.2) is 6.10 Å². The van der Waals surface area contributed by atoms with Gasteiger partial charge in [0.25, 0.3) is 0 Å². The van der Waals surface area contributed by atoms with E-state index in [-0.39, 0.29) is 31.1 Å². The van der Waals surface area contributed by atoms with E-state index < -0.39 is 6.10 Å². The summed E-state index contributed by atoms with van der Waals surface area (Å²) in [6.07, 6.45) is 74.4. The van der Waals surface area contributed by atoms with Gasteiger partial charge in [-0.3, -0.25) is 14.4 Å². The highest BCUT2D eigenvalue weighted by molar-refractivity contribution is 5.71. The van der Waals surface area contributed by atoms with E-state index in [1.807, 2.05) is 0 Å². The van der Waals surface area contributed by atoms with Gasteiger partial charge >= 0.3 is 17.9 Å². The van der Waals surface area contributed by atoms with Gasteiger partial charge < -0.3 is 14.2 Å². The fourth-order valence-electron chi connectivity index (χ4n) is 9.53. The summed E-state index contributed by atoms with van der Waals surface area (Å²) in [7, 11) is 0. The SMILES string of the molecule is CCCCCC/C=C\C/C=C\CCCCCCCCCC(=O)OC(COC(=O)CCCCCCCCCCCCC)COC(=O)CCCCCCCCCCCCCCC/C=C\CCCCCCCCCC. The molecule has 0 bridgehead atoms. The van der Waals surface area contributed by atoms with Crippen LogP contribution in [0.3, 0.4) is 0 Å². The number of hydrogen-bond acceptors (Lipinski definition) is 6. The van der Waals surface area contributed by atoms with Crippen LogP contribution in [-0.4, -0.2) is 37.2 Å².